The first-order valence-corrected chi connectivity index (χ1v) is 6.44. The Labute approximate surface area is 117 Å². The molecule has 2 rings (SSSR count). The summed E-state index contributed by atoms with van der Waals surface area (Å²) in [6, 6.07) is 13.1. The number of nitrogens with one attached hydrogen (secondary N) is 2. The summed E-state index contributed by atoms with van der Waals surface area (Å²) in [6.45, 7) is 3.77. The fourth-order valence-corrected chi connectivity index (χ4v) is 1.83. The van der Waals surface area contributed by atoms with Crippen LogP contribution in [-0.2, 0) is 4.79 Å². The van der Waals surface area contributed by atoms with Gasteiger partial charge in [0.2, 0.25) is 5.91 Å². The van der Waals surface area contributed by atoms with E-state index in [9.17, 15) is 9.18 Å². The van der Waals surface area contributed by atoms with Gasteiger partial charge in [-0.25, -0.2) is 4.39 Å². The van der Waals surface area contributed by atoms with Crippen LogP contribution < -0.4 is 10.6 Å². The van der Waals surface area contributed by atoms with Crippen LogP contribution in [0.4, 0.5) is 15.8 Å². The summed E-state index contributed by atoms with van der Waals surface area (Å²) in [5.41, 5.74) is 2.60. The van der Waals surface area contributed by atoms with Crippen molar-refractivity contribution in [2.45, 2.75) is 19.9 Å². The summed E-state index contributed by atoms with van der Waals surface area (Å²) in [6.07, 6.45) is 0. The number of hydrogen-bond donors (Lipinski definition) is 2. The molecule has 0 heterocycles. The summed E-state index contributed by atoms with van der Waals surface area (Å²) >= 11 is 0. The van der Waals surface area contributed by atoms with Crippen LogP contribution in [0, 0.1) is 12.7 Å². The van der Waals surface area contributed by atoms with Gasteiger partial charge in [-0.05, 0) is 55.8 Å². The molecule has 0 fully saturated rings. The second-order valence-electron chi connectivity index (χ2n) is 4.73. The first-order chi connectivity index (χ1) is 9.54. The second-order valence-corrected chi connectivity index (χ2v) is 4.73. The van der Waals surface area contributed by atoms with E-state index in [1.807, 2.05) is 31.2 Å². The highest BCUT2D eigenvalue weighted by molar-refractivity contribution is 5.96. The van der Waals surface area contributed by atoms with Crippen LogP contribution in [0.3, 0.4) is 0 Å². The molecule has 20 heavy (non-hydrogen) atoms. The summed E-state index contributed by atoms with van der Waals surface area (Å²) in [5.74, 6) is -0.493. The van der Waals surface area contributed by atoms with Gasteiger partial charge in [-0.1, -0.05) is 12.1 Å². The molecule has 0 unspecified atom stereocenters. The van der Waals surface area contributed by atoms with Gasteiger partial charge in [-0.2, -0.15) is 0 Å². The second kappa shape index (κ2) is 6.19. The van der Waals surface area contributed by atoms with Crippen LogP contribution in [0.5, 0.6) is 0 Å². The molecule has 104 valence electrons. The zero-order valence-corrected chi connectivity index (χ0v) is 11.5. The van der Waals surface area contributed by atoms with E-state index >= 15 is 0 Å². The molecule has 0 saturated heterocycles. The van der Waals surface area contributed by atoms with Crippen molar-refractivity contribution in [2.75, 3.05) is 10.6 Å². The molecule has 1 atom stereocenters. The monoisotopic (exact) mass is 272 g/mol. The Bertz CT molecular complexity index is 596. The smallest absolute Gasteiger partial charge is 0.246 e. The number of anilines is 2. The van der Waals surface area contributed by atoms with Crippen molar-refractivity contribution in [3.63, 3.8) is 0 Å². The normalized spacial score (nSPS) is 11.8. The van der Waals surface area contributed by atoms with E-state index in [-0.39, 0.29) is 17.8 Å². The number of carbonyl (C=O) groups excluding carboxylic acids is 1. The lowest BCUT2D eigenvalue weighted by Crippen LogP contribution is -2.31. The molecular formula is C16H17FN2O. The van der Waals surface area contributed by atoms with E-state index in [2.05, 4.69) is 10.6 Å². The van der Waals surface area contributed by atoms with Crippen molar-refractivity contribution in [2.24, 2.45) is 0 Å². The highest BCUT2D eigenvalue weighted by atomic mass is 19.1. The van der Waals surface area contributed by atoms with Crippen LogP contribution in [0.25, 0.3) is 0 Å². The summed E-state index contributed by atoms with van der Waals surface area (Å²) in [5, 5.41) is 5.86. The minimum Gasteiger partial charge on any atom is -0.374 e. The number of carbonyl (C=O) groups is 1. The van der Waals surface area contributed by atoms with Crippen molar-refractivity contribution in [1.82, 2.24) is 0 Å². The molecule has 0 aliphatic carbocycles. The number of aryl methyl sites for hydroxylation is 1. The van der Waals surface area contributed by atoms with E-state index in [4.69, 9.17) is 0 Å². The van der Waals surface area contributed by atoms with E-state index in [0.29, 0.717) is 5.69 Å². The number of halogens is 1. The van der Waals surface area contributed by atoms with Gasteiger partial charge in [0.25, 0.3) is 0 Å². The van der Waals surface area contributed by atoms with Crippen molar-refractivity contribution < 1.29 is 9.18 Å². The third-order valence-electron chi connectivity index (χ3n) is 2.91. The van der Waals surface area contributed by atoms with E-state index < -0.39 is 0 Å². The number of hydrogen-bond acceptors (Lipinski definition) is 2. The minimum absolute atomic E-state index is 0.168. The fraction of sp³-hybridized carbons (Fsp3) is 0.188. The molecule has 3 nitrogen and oxygen atoms in total. The predicted octanol–water partition coefficient (Wildman–Crippen LogP) is 3.57. The molecule has 1 amide bonds. The van der Waals surface area contributed by atoms with Crippen LogP contribution >= 0.6 is 0 Å². The van der Waals surface area contributed by atoms with E-state index in [1.165, 1.54) is 24.3 Å². The van der Waals surface area contributed by atoms with Gasteiger partial charge in [0.1, 0.15) is 11.9 Å². The summed E-state index contributed by atoms with van der Waals surface area (Å²) in [7, 11) is 0. The molecule has 2 aromatic rings. The summed E-state index contributed by atoms with van der Waals surface area (Å²) < 4.78 is 12.8. The SMILES string of the molecule is Cc1cccc(N[C@H](C)C(=O)Nc2ccc(F)cc2)c1. The fourth-order valence-electron chi connectivity index (χ4n) is 1.83. The predicted molar refractivity (Wildman–Crippen MR) is 79.3 cm³/mol. The number of benzene rings is 2. The third kappa shape index (κ3) is 3.82. The molecule has 0 bridgehead atoms. The highest BCUT2D eigenvalue weighted by Crippen LogP contribution is 2.13. The van der Waals surface area contributed by atoms with Crippen molar-refractivity contribution in [3.05, 3.63) is 59.9 Å². The van der Waals surface area contributed by atoms with Gasteiger partial charge in [0.15, 0.2) is 0 Å². The molecule has 0 aromatic heterocycles. The van der Waals surface area contributed by atoms with Crippen molar-refractivity contribution >= 4 is 17.3 Å². The Hall–Kier alpha value is -2.36. The van der Waals surface area contributed by atoms with Crippen LogP contribution in [0.15, 0.2) is 48.5 Å². The Balaban J connectivity index is 1.96. The maximum Gasteiger partial charge on any atom is 0.246 e. The standard InChI is InChI=1S/C16H17FN2O/c1-11-4-3-5-15(10-11)18-12(2)16(20)19-14-8-6-13(17)7-9-14/h3-10,12,18H,1-2H3,(H,19,20)/t12-/m1/s1. The van der Waals surface area contributed by atoms with Crippen LogP contribution in [-0.4, -0.2) is 11.9 Å². The minimum atomic E-state index is -0.387. The third-order valence-corrected chi connectivity index (χ3v) is 2.91. The lowest BCUT2D eigenvalue weighted by molar-refractivity contribution is -0.116. The molecule has 0 aliphatic heterocycles. The Morgan fingerprint density at radius 1 is 1.10 bits per heavy atom. The Kier molecular flexibility index (Phi) is 4.35. The maximum absolute atomic E-state index is 12.8. The van der Waals surface area contributed by atoms with Crippen LogP contribution in [0.1, 0.15) is 12.5 Å². The average Bonchev–Trinajstić information content (AvgIpc) is 2.41. The Morgan fingerprint density at radius 3 is 2.45 bits per heavy atom. The van der Waals surface area contributed by atoms with Gasteiger partial charge in [0.05, 0.1) is 0 Å². The molecule has 0 saturated carbocycles. The molecular weight excluding hydrogens is 255 g/mol. The molecule has 2 N–H and O–H groups in total. The quantitative estimate of drug-likeness (QED) is 0.893. The van der Waals surface area contributed by atoms with Gasteiger partial charge in [-0.3, -0.25) is 4.79 Å². The van der Waals surface area contributed by atoms with Gasteiger partial charge < -0.3 is 10.6 Å². The zero-order chi connectivity index (χ0) is 14.5. The molecule has 0 aliphatic rings. The molecule has 0 spiro atoms. The van der Waals surface area contributed by atoms with E-state index in [0.717, 1.165) is 11.3 Å². The van der Waals surface area contributed by atoms with Gasteiger partial charge >= 0.3 is 0 Å². The lowest BCUT2D eigenvalue weighted by Gasteiger charge is -2.15. The molecule has 0 radical (unpaired) electrons. The lowest BCUT2D eigenvalue weighted by atomic mass is 10.2. The number of amides is 1. The van der Waals surface area contributed by atoms with Crippen LogP contribution in [0.2, 0.25) is 0 Å². The zero-order valence-electron chi connectivity index (χ0n) is 11.5. The van der Waals surface area contributed by atoms with Crippen molar-refractivity contribution in [3.8, 4) is 0 Å². The first-order valence-electron chi connectivity index (χ1n) is 6.44. The first kappa shape index (κ1) is 14.1. The van der Waals surface area contributed by atoms with Gasteiger partial charge in [0, 0.05) is 11.4 Å². The Morgan fingerprint density at radius 2 is 1.80 bits per heavy atom. The largest absolute Gasteiger partial charge is 0.374 e. The highest BCUT2D eigenvalue weighted by Gasteiger charge is 2.12. The number of rotatable bonds is 4. The molecule has 4 heteroatoms. The maximum atomic E-state index is 12.8. The van der Waals surface area contributed by atoms with Gasteiger partial charge in [-0.15, -0.1) is 0 Å². The topological polar surface area (TPSA) is 41.1 Å². The van der Waals surface area contributed by atoms with Crippen molar-refractivity contribution in [1.29, 1.82) is 0 Å². The summed E-state index contributed by atoms with van der Waals surface area (Å²) in [4.78, 5) is 12.0. The van der Waals surface area contributed by atoms with E-state index in [1.54, 1.807) is 6.92 Å². The average molecular weight is 272 g/mol. The molecule has 2 aromatic carbocycles.